The Balaban J connectivity index is 2.76. The largest absolute Gasteiger partial charge is 0.302 e. The van der Waals surface area contributed by atoms with Crippen LogP contribution in [-0.2, 0) is 11.2 Å². The highest BCUT2D eigenvalue weighted by Crippen LogP contribution is 1.88. The molecule has 54 valence electrons. The number of hydrogen-bond donors (Lipinski definition) is 2. The van der Waals surface area contributed by atoms with E-state index in [1.54, 1.807) is 0 Å². The van der Waals surface area contributed by atoms with Crippen LogP contribution in [0.5, 0.6) is 0 Å². The van der Waals surface area contributed by atoms with Gasteiger partial charge in [0.15, 0.2) is 0 Å². The lowest BCUT2D eigenvalue weighted by Crippen LogP contribution is -1.96. The fraction of sp³-hybridized carbons (Fsp3) is 0.333. The Kier molecular flexibility index (Phi) is 1.71. The van der Waals surface area contributed by atoms with Crippen molar-refractivity contribution in [2.45, 2.75) is 13.3 Å². The number of hydrogen-bond acceptors (Lipinski definition) is 2. The van der Waals surface area contributed by atoms with Gasteiger partial charge in [-0.25, -0.2) is 0 Å². The van der Waals surface area contributed by atoms with Gasteiger partial charge in [0.2, 0.25) is 0 Å². The Morgan fingerprint density at radius 3 is 2.70 bits per heavy atom. The summed E-state index contributed by atoms with van der Waals surface area (Å²) >= 11 is 0. The Morgan fingerprint density at radius 2 is 2.30 bits per heavy atom. The Morgan fingerprint density at radius 1 is 1.60 bits per heavy atom. The summed E-state index contributed by atoms with van der Waals surface area (Å²) in [7, 11) is 0. The molecule has 0 amide bonds. The van der Waals surface area contributed by atoms with Crippen molar-refractivity contribution >= 4 is 5.78 Å². The van der Waals surface area contributed by atoms with E-state index in [9.17, 15) is 9.59 Å². The molecule has 0 saturated heterocycles. The van der Waals surface area contributed by atoms with Gasteiger partial charge in [-0.2, -0.15) is 0 Å². The minimum atomic E-state index is -0.198. The van der Waals surface area contributed by atoms with Crippen LogP contribution in [-0.4, -0.2) is 16.0 Å². The quantitative estimate of drug-likeness (QED) is 0.599. The SMILES string of the molecule is CC(=O)Cc1cc(=O)[nH][nH]1. The van der Waals surface area contributed by atoms with Crippen LogP contribution in [0.15, 0.2) is 10.9 Å². The topological polar surface area (TPSA) is 65.7 Å². The van der Waals surface area contributed by atoms with Gasteiger partial charge in [-0.1, -0.05) is 0 Å². The van der Waals surface area contributed by atoms with Gasteiger partial charge in [-0.05, 0) is 6.92 Å². The third kappa shape index (κ3) is 1.58. The van der Waals surface area contributed by atoms with Crippen molar-refractivity contribution in [3.05, 3.63) is 22.1 Å². The average molecular weight is 140 g/mol. The zero-order valence-electron chi connectivity index (χ0n) is 5.60. The molecular weight excluding hydrogens is 132 g/mol. The molecule has 0 saturated carbocycles. The van der Waals surface area contributed by atoms with Gasteiger partial charge in [0, 0.05) is 18.2 Å². The summed E-state index contributed by atoms with van der Waals surface area (Å²) in [6.45, 7) is 1.48. The molecule has 1 rings (SSSR count). The Hall–Kier alpha value is -1.32. The molecule has 0 aliphatic heterocycles. The van der Waals surface area contributed by atoms with E-state index in [-0.39, 0.29) is 11.3 Å². The number of carbonyl (C=O) groups excluding carboxylic acids is 1. The summed E-state index contributed by atoms with van der Waals surface area (Å²) < 4.78 is 0. The van der Waals surface area contributed by atoms with Crippen LogP contribution in [0.4, 0.5) is 0 Å². The van der Waals surface area contributed by atoms with E-state index in [0.29, 0.717) is 12.1 Å². The highest BCUT2D eigenvalue weighted by molar-refractivity contribution is 5.77. The summed E-state index contributed by atoms with van der Waals surface area (Å²) in [5.41, 5.74) is 0.439. The molecule has 0 bridgehead atoms. The third-order valence-corrected chi connectivity index (χ3v) is 1.09. The van der Waals surface area contributed by atoms with Crippen molar-refractivity contribution in [1.82, 2.24) is 10.2 Å². The second kappa shape index (κ2) is 2.51. The zero-order chi connectivity index (χ0) is 7.56. The van der Waals surface area contributed by atoms with Crippen molar-refractivity contribution in [3.8, 4) is 0 Å². The van der Waals surface area contributed by atoms with Gasteiger partial charge in [0.25, 0.3) is 5.56 Å². The standard InChI is InChI=1S/C6H8N2O2/c1-4(9)2-5-3-6(10)8-7-5/h3H,2H2,1H3,(H2,7,8,10). The maximum Gasteiger partial charge on any atom is 0.264 e. The predicted molar refractivity (Wildman–Crippen MR) is 35.8 cm³/mol. The van der Waals surface area contributed by atoms with Gasteiger partial charge in [-0.15, -0.1) is 0 Å². The molecule has 0 atom stereocenters. The van der Waals surface area contributed by atoms with Gasteiger partial charge in [0.1, 0.15) is 5.78 Å². The first kappa shape index (κ1) is 6.80. The smallest absolute Gasteiger partial charge is 0.264 e. The van der Waals surface area contributed by atoms with E-state index >= 15 is 0 Å². The van der Waals surface area contributed by atoms with E-state index in [0.717, 1.165) is 0 Å². The summed E-state index contributed by atoms with van der Waals surface area (Å²) in [4.78, 5) is 21.0. The van der Waals surface area contributed by atoms with Gasteiger partial charge in [0.05, 0.1) is 0 Å². The number of rotatable bonds is 2. The maximum atomic E-state index is 10.5. The second-order valence-corrected chi connectivity index (χ2v) is 2.16. The molecule has 0 fully saturated rings. The fourth-order valence-electron chi connectivity index (χ4n) is 0.736. The molecular formula is C6H8N2O2. The number of H-pyrrole nitrogens is 2. The lowest BCUT2D eigenvalue weighted by Gasteiger charge is -1.86. The van der Waals surface area contributed by atoms with Crippen molar-refractivity contribution in [3.63, 3.8) is 0 Å². The second-order valence-electron chi connectivity index (χ2n) is 2.16. The Bertz CT molecular complexity index is 284. The first-order valence-corrected chi connectivity index (χ1v) is 2.94. The number of carbonyl (C=O) groups is 1. The van der Waals surface area contributed by atoms with Crippen LogP contribution in [0.25, 0.3) is 0 Å². The maximum absolute atomic E-state index is 10.5. The van der Waals surface area contributed by atoms with E-state index in [4.69, 9.17) is 0 Å². The average Bonchev–Trinajstić information content (AvgIpc) is 2.13. The van der Waals surface area contributed by atoms with Gasteiger partial charge < -0.3 is 5.10 Å². The minimum Gasteiger partial charge on any atom is -0.302 e. The number of ketones is 1. The molecule has 10 heavy (non-hydrogen) atoms. The molecule has 2 N–H and O–H groups in total. The highest BCUT2D eigenvalue weighted by atomic mass is 16.1. The molecule has 4 heteroatoms. The molecule has 4 nitrogen and oxygen atoms in total. The lowest BCUT2D eigenvalue weighted by molar-refractivity contribution is -0.116. The van der Waals surface area contributed by atoms with Crippen molar-refractivity contribution in [1.29, 1.82) is 0 Å². The van der Waals surface area contributed by atoms with Crippen molar-refractivity contribution < 1.29 is 4.79 Å². The number of nitrogens with one attached hydrogen (secondary N) is 2. The van der Waals surface area contributed by atoms with Crippen molar-refractivity contribution in [2.24, 2.45) is 0 Å². The number of aromatic amines is 2. The zero-order valence-corrected chi connectivity index (χ0v) is 5.60. The van der Waals surface area contributed by atoms with Crippen LogP contribution in [0.3, 0.4) is 0 Å². The van der Waals surface area contributed by atoms with Crippen LogP contribution in [0.1, 0.15) is 12.6 Å². The van der Waals surface area contributed by atoms with Crippen LogP contribution >= 0.6 is 0 Å². The van der Waals surface area contributed by atoms with E-state index < -0.39 is 0 Å². The Labute approximate surface area is 57.2 Å². The van der Waals surface area contributed by atoms with Gasteiger partial charge in [-0.3, -0.25) is 14.7 Å². The molecule has 0 unspecified atom stereocenters. The molecule has 0 aliphatic carbocycles. The van der Waals surface area contributed by atoms with E-state index in [1.165, 1.54) is 13.0 Å². The third-order valence-electron chi connectivity index (χ3n) is 1.09. The lowest BCUT2D eigenvalue weighted by atomic mass is 10.2. The van der Waals surface area contributed by atoms with E-state index in [2.05, 4.69) is 10.2 Å². The minimum absolute atomic E-state index is 0.0373. The fourth-order valence-corrected chi connectivity index (χ4v) is 0.736. The van der Waals surface area contributed by atoms with Gasteiger partial charge >= 0.3 is 0 Å². The molecule has 0 aliphatic rings. The first-order chi connectivity index (χ1) is 4.68. The summed E-state index contributed by atoms with van der Waals surface area (Å²) in [5.74, 6) is 0.0373. The number of Topliss-reactive ketones (excluding diaryl/α,β-unsaturated/α-hetero) is 1. The molecule has 0 spiro atoms. The van der Waals surface area contributed by atoms with E-state index in [1.807, 2.05) is 0 Å². The monoisotopic (exact) mass is 140 g/mol. The number of aromatic nitrogens is 2. The molecule has 0 aromatic carbocycles. The normalized spacial score (nSPS) is 9.70. The predicted octanol–water partition coefficient (Wildman–Crippen LogP) is -0.166. The highest BCUT2D eigenvalue weighted by Gasteiger charge is 1.98. The molecule has 1 aromatic rings. The molecule has 1 aromatic heterocycles. The van der Waals surface area contributed by atoms with Crippen LogP contribution < -0.4 is 5.56 Å². The first-order valence-electron chi connectivity index (χ1n) is 2.94. The summed E-state index contributed by atoms with van der Waals surface area (Å²) in [5, 5.41) is 4.92. The molecule has 0 radical (unpaired) electrons. The molecule has 1 heterocycles. The summed E-state index contributed by atoms with van der Waals surface area (Å²) in [6, 6.07) is 1.38. The van der Waals surface area contributed by atoms with Crippen LogP contribution in [0, 0.1) is 0 Å². The van der Waals surface area contributed by atoms with Crippen LogP contribution in [0.2, 0.25) is 0 Å². The summed E-state index contributed by atoms with van der Waals surface area (Å²) in [6.07, 6.45) is 0.290. The van der Waals surface area contributed by atoms with Crippen molar-refractivity contribution in [2.75, 3.05) is 0 Å².